The van der Waals surface area contributed by atoms with E-state index in [-0.39, 0.29) is 17.9 Å². The first kappa shape index (κ1) is 24.7. The molecule has 0 saturated carbocycles. The van der Waals surface area contributed by atoms with Crippen LogP contribution in [0.2, 0.25) is 0 Å². The van der Waals surface area contributed by atoms with Crippen molar-refractivity contribution >= 4 is 27.5 Å². The minimum absolute atomic E-state index is 0.0883. The molecule has 8 heteroatoms. The largest absolute Gasteiger partial charge is 0.494 e. The Balaban J connectivity index is 2.03. The van der Waals surface area contributed by atoms with Crippen molar-refractivity contribution in [2.75, 3.05) is 18.1 Å². The molecule has 1 aliphatic rings. The third kappa shape index (κ3) is 4.45. The highest BCUT2D eigenvalue weighted by atomic mass is 32.2. The molecule has 1 unspecified atom stereocenters. The molecule has 1 aliphatic heterocycles. The van der Waals surface area contributed by atoms with Gasteiger partial charge in [0.05, 0.1) is 23.6 Å². The number of carbonyl (C=O) groups is 2. The summed E-state index contributed by atoms with van der Waals surface area (Å²) in [6.07, 6.45) is 1.20. The highest BCUT2D eigenvalue weighted by molar-refractivity contribution is 7.89. The lowest BCUT2D eigenvalue weighted by molar-refractivity contribution is -0.122. The molecule has 2 aromatic rings. The van der Waals surface area contributed by atoms with Gasteiger partial charge in [0.25, 0.3) is 5.91 Å². The summed E-state index contributed by atoms with van der Waals surface area (Å²) in [5.41, 5.74) is 3.34. The van der Waals surface area contributed by atoms with Crippen LogP contribution in [0.25, 0.3) is 0 Å². The Kier molecular flexibility index (Phi) is 7.09. The van der Waals surface area contributed by atoms with Crippen LogP contribution < -0.4 is 9.64 Å². The van der Waals surface area contributed by atoms with Crippen LogP contribution in [0.4, 0.5) is 5.69 Å². The van der Waals surface area contributed by atoms with E-state index in [2.05, 4.69) is 6.58 Å². The molecule has 0 aliphatic carbocycles. The number of aryl methyl sites for hydroxylation is 2. The van der Waals surface area contributed by atoms with Crippen LogP contribution in [-0.4, -0.2) is 43.7 Å². The predicted molar refractivity (Wildman–Crippen MR) is 128 cm³/mol. The minimum Gasteiger partial charge on any atom is -0.494 e. The van der Waals surface area contributed by atoms with Crippen LogP contribution in [0.5, 0.6) is 5.75 Å². The number of hydrogen-bond donors (Lipinski definition) is 0. The average Bonchev–Trinajstić information content (AvgIpc) is 3.05. The van der Waals surface area contributed by atoms with E-state index in [1.54, 1.807) is 38.1 Å². The fourth-order valence-corrected chi connectivity index (χ4v) is 6.31. The Hall–Kier alpha value is -2.97. The first-order valence-electron chi connectivity index (χ1n) is 10.8. The normalized spacial score (nSPS) is 16.5. The monoisotopic (exact) mass is 470 g/mol. The topological polar surface area (TPSA) is 84.0 Å². The molecule has 2 aromatic carbocycles. The van der Waals surface area contributed by atoms with Gasteiger partial charge in [0.15, 0.2) is 0 Å². The van der Waals surface area contributed by atoms with Gasteiger partial charge in [-0.2, -0.15) is 4.31 Å². The molecule has 7 nitrogen and oxygen atoms in total. The highest BCUT2D eigenvalue weighted by Crippen LogP contribution is 2.33. The fraction of sp³-hybridized carbons (Fsp3) is 0.360. The van der Waals surface area contributed by atoms with E-state index in [4.69, 9.17) is 4.74 Å². The molecule has 1 heterocycles. The third-order valence-electron chi connectivity index (χ3n) is 6.05. The Morgan fingerprint density at radius 1 is 1.09 bits per heavy atom. The number of hydrogen-bond acceptors (Lipinski definition) is 5. The van der Waals surface area contributed by atoms with Crippen molar-refractivity contribution in [3.05, 3.63) is 65.2 Å². The summed E-state index contributed by atoms with van der Waals surface area (Å²) in [5.74, 6) is -0.407. The van der Waals surface area contributed by atoms with Crippen LogP contribution in [0, 0.1) is 27.7 Å². The van der Waals surface area contributed by atoms with Crippen molar-refractivity contribution in [2.45, 2.75) is 52.0 Å². The summed E-state index contributed by atoms with van der Waals surface area (Å²) >= 11 is 0. The molecular weight excluding hydrogens is 440 g/mol. The molecule has 2 amide bonds. The number of sulfonamides is 1. The maximum Gasteiger partial charge on any atom is 0.252 e. The van der Waals surface area contributed by atoms with Gasteiger partial charge in [-0.15, -0.1) is 6.58 Å². The smallest absolute Gasteiger partial charge is 0.252 e. The first-order chi connectivity index (χ1) is 15.5. The van der Waals surface area contributed by atoms with Crippen LogP contribution in [0.1, 0.15) is 35.6 Å². The van der Waals surface area contributed by atoms with E-state index in [9.17, 15) is 18.0 Å². The molecule has 0 aromatic heterocycles. The average molecular weight is 471 g/mol. The molecule has 0 N–H and O–H groups in total. The lowest BCUT2D eigenvalue weighted by Crippen LogP contribution is -2.45. The Labute approximate surface area is 195 Å². The molecule has 33 heavy (non-hydrogen) atoms. The molecule has 1 fully saturated rings. The number of benzene rings is 2. The van der Waals surface area contributed by atoms with Crippen molar-refractivity contribution in [3.8, 4) is 5.75 Å². The second-order valence-corrected chi connectivity index (χ2v) is 9.99. The standard InChI is InChI=1S/C25H30N2O5S/c1-7-13-26(33(30,31)24-18(5)16(3)14-17(4)19(24)6)22-15-23(28)27(25(22)29)20-9-11-21(12-10-20)32-8-2/h7,9-12,14,22H,1,8,13,15H2,2-6H3. The molecule has 1 saturated heterocycles. The Bertz CT molecular complexity index is 1180. The van der Waals surface area contributed by atoms with E-state index in [1.165, 1.54) is 6.08 Å². The first-order valence-corrected chi connectivity index (χ1v) is 12.3. The Morgan fingerprint density at radius 3 is 2.18 bits per heavy atom. The zero-order chi connectivity index (χ0) is 24.5. The number of nitrogens with zero attached hydrogens (tertiary/aromatic N) is 2. The maximum absolute atomic E-state index is 13.8. The van der Waals surface area contributed by atoms with Gasteiger partial charge >= 0.3 is 0 Å². The van der Waals surface area contributed by atoms with Crippen molar-refractivity contribution in [1.82, 2.24) is 4.31 Å². The second-order valence-electron chi connectivity index (χ2n) is 8.17. The van der Waals surface area contributed by atoms with Crippen molar-refractivity contribution in [1.29, 1.82) is 0 Å². The van der Waals surface area contributed by atoms with E-state index in [1.807, 2.05) is 26.8 Å². The van der Waals surface area contributed by atoms with E-state index >= 15 is 0 Å². The number of ether oxygens (including phenoxy) is 1. The minimum atomic E-state index is -4.09. The predicted octanol–water partition coefficient (Wildman–Crippen LogP) is 3.83. The third-order valence-corrected chi connectivity index (χ3v) is 8.20. The van der Waals surface area contributed by atoms with Gasteiger partial charge in [-0.05, 0) is 81.1 Å². The molecule has 3 rings (SSSR count). The zero-order valence-electron chi connectivity index (χ0n) is 19.7. The summed E-state index contributed by atoms with van der Waals surface area (Å²) in [7, 11) is -4.09. The quantitative estimate of drug-likeness (QED) is 0.433. The van der Waals surface area contributed by atoms with Crippen molar-refractivity contribution in [2.24, 2.45) is 0 Å². The molecule has 0 radical (unpaired) electrons. The fourth-order valence-electron chi connectivity index (χ4n) is 4.18. The summed E-state index contributed by atoms with van der Waals surface area (Å²) in [6.45, 7) is 13.2. The highest BCUT2D eigenvalue weighted by Gasteiger charge is 2.47. The molecular formula is C25H30N2O5S. The van der Waals surface area contributed by atoms with E-state index in [0.29, 0.717) is 29.2 Å². The maximum atomic E-state index is 13.8. The van der Waals surface area contributed by atoms with Gasteiger partial charge in [-0.25, -0.2) is 13.3 Å². The molecule has 0 spiro atoms. The SMILES string of the molecule is C=CCN(C1CC(=O)N(c2ccc(OCC)cc2)C1=O)S(=O)(=O)c1c(C)c(C)cc(C)c1C. The van der Waals surface area contributed by atoms with Crippen molar-refractivity contribution < 1.29 is 22.7 Å². The summed E-state index contributed by atoms with van der Waals surface area (Å²) < 4.78 is 34.2. The van der Waals surface area contributed by atoms with E-state index in [0.717, 1.165) is 20.3 Å². The second kappa shape index (κ2) is 9.49. The van der Waals surface area contributed by atoms with Crippen LogP contribution in [0.3, 0.4) is 0 Å². The number of carbonyl (C=O) groups excluding carboxylic acids is 2. The summed E-state index contributed by atoms with van der Waals surface area (Å²) in [6, 6.07) is 7.38. The summed E-state index contributed by atoms with van der Waals surface area (Å²) in [5, 5.41) is 0. The van der Waals surface area contributed by atoms with Crippen LogP contribution in [0.15, 0.2) is 47.9 Å². The van der Waals surface area contributed by atoms with Gasteiger partial charge in [0.1, 0.15) is 11.8 Å². The van der Waals surface area contributed by atoms with Crippen molar-refractivity contribution in [3.63, 3.8) is 0 Å². The number of imide groups is 1. The van der Waals surface area contributed by atoms with Gasteiger partial charge in [0, 0.05) is 6.54 Å². The zero-order valence-corrected chi connectivity index (χ0v) is 20.5. The number of anilines is 1. The van der Waals surface area contributed by atoms with Crippen LogP contribution in [-0.2, 0) is 19.6 Å². The van der Waals surface area contributed by atoms with Gasteiger partial charge in [0.2, 0.25) is 15.9 Å². The van der Waals surface area contributed by atoms with Gasteiger partial charge < -0.3 is 4.74 Å². The lowest BCUT2D eigenvalue weighted by atomic mass is 10.0. The molecule has 0 bridgehead atoms. The Morgan fingerprint density at radius 2 is 1.67 bits per heavy atom. The van der Waals surface area contributed by atoms with E-state index < -0.39 is 27.9 Å². The molecule has 176 valence electrons. The summed E-state index contributed by atoms with van der Waals surface area (Å²) in [4.78, 5) is 27.4. The lowest BCUT2D eigenvalue weighted by Gasteiger charge is -2.28. The number of amides is 2. The van der Waals surface area contributed by atoms with Gasteiger partial charge in [-0.3, -0.25) is 9.59 Å². The van der Waals surface area contributed by atoms with Crippen LogP contribution >= 0.6 is 0 Å². The molecule has 1 atom stereocenters. The van der Waals surface area contributed by atoms with Gasteiger partial charge in [-0.1, -0.05) is 12.1 Å². The number of rotatable bonds is 8.